The fraction of sp³-hybridized carbons (Fsp3) is 0.407. The van der Waals surface area contributed by atoms with E-state index in [1.807, 2.05) is 41.8 Å². The van der Waals surface area contributed by atoms with Crippen LogP contribution < -0.4 is 10.1 Å². The standard InChI is InChI=1S/C27H31BrN2O3S/c1-3-12-30-13-11-27(20-5-4-6-24(14-20)33-19(2)31)16-23(8-7-21(27)17-30)29-26(32)10-9-25-15-22(28)18-34-25/h3-6,9-10,14-15,18,21,23H,1,7-8,11-13,16-17H2,2H3,(H,29,32)/b10-9+/t21-,23+,27+/m1/s1. The number of nitrogens with one attached hydrogen (secondary N) is 1. The molecule has 180 valence electrons. The number of benzene rings is 1. The van der Waals surface area contributed by atoms with Crippen LogP contribution in [0.4, 0.5) is 0 Å². The van der Waals surface area contributed by atoms with Gasteiger partial charge in [0.15, 0.2) is 0 Å². The van der Waals surface area contributed by atoms with E-state index in [1.165, 1.54) is 12.5 Å². The highest BCUT2D eigenvalue weighted by Crippen LogP contribution is 2.49. The van der Waals surface area contributed by atoms with Crippen LogP contribution in [-0.4, -0.2) is 42.5 Å². The summed E-state index contributed by atoms with van der Waals surface area (Å²) in [5.74, 6) is 0.690. The van der Waals surface area contributed by atoms with E-state index in [1.54, 1.807) is 17.4 Å². The van der Waals surface area contributed by atoms with Gasteiger partial charge in [0.2, 0.25) is 5.91 Å². The predicted octanol–water partition coefficient (Wildman–Crippen LogP) is 5.56. The van der Waals surface area contributed by atoms with Crippen LogP contribution in [0, 0.1) is 5.92 Å². The van der Waals surface area contributed by atoms with Gasteiger partial charge in [-0.2, -0.15) is 0 Å². The van der Waals surface area contributed by atoms with Gasteiger partial charge in [-0.1, -0.05) is 18.2 Å². The van der Waals surface area contributed by atoms with Crippen LogP contribution in [0.15, 0.2) is 58.9 Å². The fourth-order valence-corrected chi connectivity index (χ4v) is 6.88. The Bertz CT molecular complexity index is 1080. The van der Waals surface area contributed by atoms with Crippen molar-refractivity contribution in [3.8, 4) is 5.75 Å². The molecule has 0 radical (unpaired) electrons. The third-order valence-electron chi connectivity index (χ3n) is 7.00. The van der Waals surface area contributed by atoms with Gasteiger partial charge in [0.1, 0.15) is 5.75 Å². The smallest absolute Gasteiger partial charge is 0.308 e. The molecule has 1 aliphatic heterocycles. The molecule has 1 saturated carbocycles. The van der Waals surface area contributed by atoms with E-state index in [0.717, 1.165) is 54.7 Å². The highest BCUT2D eigenvalue weighted by atomic mass is 79.9. The van der Waals surface area contributed by atoms with Gasteiger partial charge in [-0.15, -0.1) is 17.9 Å². The molecule has 5 nitrogen and oxygen atoms in total. The maximum atomic E-state index is 12.7. The normalized spacial score (nSPS) is 25.0. The number of fused-ring (bicyclic) bond motifs is 1. The van der Waals surface area contributed by atoms with Gasteiger partial charge in [0, 0.05) is 52.3 Å². The molecule has 0 bridgehead atoms. The topological polar surface area (TPSA) is 58.6 Å². The lowest BCUT2D eigenvalue weighted by atomic mass is 9.58. The zero-order valence-electron chi connectivity index (χ0n) is 19.5. The largest absolute Gasteiger partial charge is 0.427 e. The van der Waals surface area contributed by atoms with Gasteiger partial charge < -0.3 is 10.1 Å². The number of thiophene rings is 1. The average Bonchev–Trinajstić information content (AvgIpc) is 3.23. The second kappa shape index (κ2) is 11.0. The number of carbonyl (C=O) groups excluding carboxylic acids is 2. The first-order chi connectivity index (χ1) is 16.4. The van der Waals surface area contributed by atoms with Gasteiger partial charge in [-0.25, -0.2) is 0 Å². The minimum atomic E-state index is -0.314. The fourth-order valence-electron chi connectivity index (χ4n) is 5.55. The van der Waals surface area contributed by atoms with Gasteiger partial charge in [0.25, 0.3) is 0 Å². The predicted molar refractivity (Wildman–Crippen MR) is 141 cm³/mol. The molecule has 1 saturated heterocycles. The molecule has 2 aliphatic rings. The third-order valence-corrected chi connectivity index (χ3v) is 8.66. The summed E-state index contributed by atoms with van der Waals surface area (Å²) in [5, 5.41) is 5.26. The lowest BCUT2D eigenvalue weighted by molar-refractivity contribution is -0.131. The van der Waals surface area contributed by atoms with Crippen LogP contribution in [0.3, 0.4) is 0 Å². The number of esters is 1. The highest BCUT2D eigenvalue weighted by molar-refractivity contribution is 9.10. The average molecular weight is 544 g/mol. The molecule has 1 amide bonds. The Morgan fingerprint density at radius 3 is 2.94 bits per heavy atom. The Balaban J connectivity index is 1.54. The van der Waals surface area contributed by atoms with Crippen LogP contribution in [0.25, 0.3) is 6.08 Å². The van der Waals surface area contributed by atoms with Crippen molar-refractivity contribution >= 4 is 45.2 Å². The summed E-state index contributed by atoms with van der Waals surface area (Å²) in [7, 11) is 0. The summed E-state index contributed by atoms with van der Waals surface area (Å²) in [6, 6.07) is 10.1. The molecule has 1 aliphatic carbocycles. The zero-order chi connectivity index (χ0) is 24.1. The third kappa shape index (κ3) is 5.88. The van der Waals surface area contributed by atoms with Gasteiger partial charge in [0.05, 0.1) is 0 Å². The van der Waals surface area contributed by atoms with Crippen molar-refractivity contribution in [2.24, 2.45) is 5.92 Å². The summed E-state index contributed by atoms with van der Waals surface area (Å²) < 4.78 is 6.43. The second-order valence-electron chi connectivity index (χ2n) is 9.26. The number of hydrogen-bond donors (Lipinski definition) is 1. The molecule has 34 heavy (non-hydrogen) atoms. The SMILES string of the molecule is C=CCN1CC[C@@]2(c3cccc(OC(C)=O)c3)C[C@@H](NC(=O)/C=C/c3cc(Br)cs3)CC[C@@H]2C1. The Hall–Kier alpha value is -2.22. The number of halogens is 1. The number of piperidine rings is 1. The molecule has 1 aromatic heterocycles. The van der Waals surface area contributed by atoms with Crippen molar-refractivity contribution in [3.05, 3.63) is 69.4 Å². The van der Waals surface area contributed by atoms with Crippen molar-refractivity contribution < 1.29 is 14.3 Å². The van der Waals surface area contributed by atoms with E-state index in [9.17, 15) is 9.59 Å². The molecule has 0 spiro atoms. The molecule has 2 fully saturated rings. The molecule has 2 heterocycles. The van der Waals surface area contributed by atoms with E-state index in [0.29, 0.717) is 11.7 Å². The summed E-state index contributed by atoms with van der Waals surface area (Å²) >= 11 is 5.05. The van der Waals surface area contributed by atoms with Crippen molar-refractivity contribution in [3.63, 3.8) is 0 Å². The van der Waals surface area contributed by atoms with E-state index in [2.05, 4.69) is 38.8 Å². The summed E-state index contributed by atoms with van der Waals surface area (Å²) in [6.07, 6.45) is 9.35. The number of rotatable bonds is 7. The first kappa shape index (κ1) is 24.9. The van der Waals surface area contributed by atoms with Crippen molar-refractivity contribution in [2.45, 2.75) is 44.1 Å². The minimum absolute atomic E-state index is 0.0547. The number of likely N-dealkylation sites (tertiary alicyclic amines) is 1. The highest BCUT2D eigenvalue weighted by Gasteiger charge is 2.48. The summed E-state index contributed by atoms with van der Waals surface area (Å²) in [4.78, 5) is 27.8. The van der Waals surface area contributed by atoms with Gasteiger partial charge in [-0.3, -0.25) is 14.5 Å². The van der Waals surface area contributed by atoms with E-state index >= 15 is 0 Å². The Labute approximate surface area is 214 Å². The quantitative estimate of drug-likeness (QED) is 0.215. The summed E-state index contributed by atoms with van der Waals surface area (Å²) in [5.41, 5.74) is 1.14. The number of nitrogens with zero attached hydrogens (tertiary/aromatic N) is 1. The van der Waals surface area contributed by atoms with Crippen molar-refractivity contribution in [1.29, 1.82) is 0 Å². The molecular weight excluding hydrogens is 512 g/mol. The molecule has 1 aromatic carbocycles. The number of carbonyl (C=O) groups is 2. The van der Waals surface area contributed by atoms with Crippen molar-refractivity contribution in [2.75, 3.05) is 19.6 Å². The Morgan fingerprint density at radius 1 is 1.35 bits per heavy atom. The molecule has 0 unspecified atom stereocenters. The summed E-state index contributed by atoms with van der Waals surface area (Å²) in [6.45, 7) is 8.22. The Morgan fingerprint density at radius 2 is 2.21 bits per heavy atom. The zero-order valence-corrected chi connectivity index (χ0v) is 21.9. The first-order valence-electron chi connectivity index (χ1n) is 11.7. The Kier molecular flexibility index (Phi) is 8.06. The van der Waals surface area contributed by atoms with Crippen LogP contribution in [-0.2, 0) is 15.0 Å². The molecule has 7 heteroatoms. The molecule has 3 atom stereocenters. The van der Waals surface area contributed by atoms with Crippen LogP contribution >= 0.6 is 27.3 Å². The molecule has 4 rings (SSSR count). The van der Waals surface area contributed by atoms with Gasteiger partial charge >= 0.3 is 5.97 Å². The maximum Gasteiger partial charge on any atom is 0.308 e. The number of hydrogen-bond acceptors (Lipinski definition) is 5. The lowest BCUT2D eigenvalue weighted by Gasteiger charge is -2.53. The minimum Gasteiger partial charge on any atom is -0.427 e. The van der Waals surface area contributed by atoms with Gasteiger partial charge in [-0.05, 0) is 83.9 Å². The number of amides is 1. The second-order valence-corrected chi connectivity index (χ2v) is 11.1. The maximum absolute atomic E-state index is 12.7. The van der Waals surface area contributed by atoms with Crippen LogP contribution in [0.5, 0.6) is 5.75 Å². The lowest BCUT2D eigenvalue weighted by Crippen LogP contribution is -2.56. The monoisotopic (exact) mass is 542 g/mol. The van der Waals surface area contributed by atoms with E-state index in [-0.39, 0.29) is 23.3 Å². The first-order valence-corrected chi connectivity index (χ1v) is 13.4. The number of ether oxygens (including phenoxy) is 1. The van der Waals surface area contributed by atoms with E-state index < -0.39 is 0 Å². The van der Waals surface area contributed by atoms with Crippen LogP contribution in [0.1, 0.15) is 43.0 Å². The van der Waals surface area contributed by atoms with E-state index in [4.69, 9.17) is 4.74 Å². The molecule has 1 N–H and O–H groups in total. The van der Waals surface area contributed by atoms with Crippen LogP contribution in [0.2, 0.25) is 0 Å². The van der Waals surface area contributed by atoms with Crippen molar-refractivity contribution in [1.82, 2.24) is 10.2 Å². The molecule has 2 aromatic rings. The molecular formula is C27H31BrN2O3S.